The van der Waals surface area contributed by atoms with Crippen molar-refractivity contribution in [2.75, 3.05) is 7.11 Å². The number of nitrogens with one attached hydrogen (secondary N) is 1. The Hall–Kier alpha value is -1.69. The van der Waals surface area contributed by atoms with Crippen molar-refractivity contribution in [3.05, 3.63) is 18.3 Å². The first kappa shape index (κ1) is 11.4. The van der Waals surface area contributed by atoms with Crippen LogP contribution in [-0.4, -0.2) is 27.2 Å². The van der Waals surface area contributed by atoms with Gasteiger partial charge in [0.2, 0.25) is 5.82 Å². The molecule has 1 fully saturated rings. The molecule has 1 aliphatic rings. The second-order valence-corrected chi connectivity index (χ2v) is 4.62. The summed E-state index contributed by atoms with van der Waals surface area (Å²) in [5, 5.41) is 3.97. The fourth-order valence-corrected chi connectivity index (χ4v) is 2.52. The van der Waals surface area contributed by atoms with E-state index in [9.17, 15) is 0 Å². The van der Waals surface area contributed by atoms with Crippen LogP contribution < -0.4 is 0 Å². The van der Waals surface area contributed by atoms with Gasteiger partial charge in [0.15, 0.2) is 5.82 Å². The number of aromatic amines is 1. The normalized spacial score (nSPS) is 18.9. The van der Waals surface area contributed by atoms with E-state index in [1.807, 2.05) is 0 Å². The molecular weight excluding hydrogens is 232 g/mol. The molecule has 0 aromatic carbocycles. The molecule has 0 atom stereocenters. The highest BCUT2D eigenvalue weighted by atomic mass is 16.5. The molecule has 6 nitrogen and oxygen atoms in total. The number of ether oxygens (including phenoxy) is 1. The van der Waals surface area contributed by atoms with Gasteiger partial charge in [-0.25, -0.2) is 4.98 Å². The standard InChI is InChI=1S/C12H16N4O2/c1-17-12(5-3-2-4-6-12)11-15-10(16-18-11)9-13-7-8-14-9/h7-8H,2-6H2,1H3,(H,13,14). The van der Waals surface area contributed by atoms with Gasteiger partial charge in [0.1, 0.15) is 5.60 Å². The van der Waals surface area contributed by atoms with Crippen LogP contribution in [0.3, 0.4) is 0 Å². The summed E-state index contributed by atoms with van der Waals surface area (Å²) in [6, 6.07) is 0. The highest BCUT2D eigenvalue weighted by Gasteiger charge is 2.39. The van der Waals surface area contributed by atoms with Gasteiger partial charge in [-0.2, -0.15) is 4.98 Å². The van der Waals surface area contributed by atoms with Crippen LogP contribution in [0.15, 0.2) is 16.9 Å². The Labute approximate surface area is 105 Å². The Morgan fingerprint density at radius 3 is 2.83 bits per heavy atom. The Bertz CT molecular complexity index is 500. The lowest BCUT2D eigenvalue weighted by Gasteiger charge is -2.32. The van der Waals surface area contributed by atoms with Gasteiger partial charge in [-0.05, 0) is 12.8 Å². The SMILES string of the molecule is COC1(c2nc(-c3ncc[nH]3)no2)CCCCC1. The van der Waals surface area contributed by atoms with Crippen LogP contribution in [0.2, 0.25) is 0 Å². The van der Waals surface area contributed by atoms with E-state index in [1.165, 1.54) is 6.42 Å². The number of imidazole rings is 1. The number of hydrogen-bond donors (Lipinski definition) is 1. The van der Waals surface area contributed by atoms with Crippen LogP contribution in [0.5, 0.6) is 0 Å². The molecule has 0 aliphatic heterocycles. The van der Waals surface area contributed by atoms with E-state index < -0.39 is 5.60 Å². The van der Waals surface area contributed by atoms with Crippen LogP contribution in [0, 0.1) is 0 Å². The average Bonchev–Trinajstić information content (AvgIpc) is 3.10. The Morgan fingerprint density at radius 2 is 2.17 bits per heavy atom. The van der Waals surface area contributed by atoms with Gasteiger partial charge in [0, 0.05) is 19.5 Å². The summed E-state index contributed by atoms with van der Waals surface area (Å²) in [6.07, 6.45) is 8.77. The molecule has 0 bridgehead atoms. The number of hydrogen-bond acceptors (Lipinski definition) is 5. The van der Waals surface area contributed by atoms with Crippen molar-refractivity contribution in [1.82, 2.24) is 20.1 Å². The fraction of sp³-hybridized carbons (Fsp3) is 0.583. The summed E-state index contributed by atoms with van der Waals surface area (Å²) in [5.74, 6) is 1.67. The molecule has 1 aliphatic carbocycles. The summed E-state index contributed by atoms with van der Waals surface area (Å²) in [6.45, 7) is 0. The van der Waals surface area contributed by atoms with Crippen molar-refractivity contribution in [3.63, 3.8) is 0 Å². The molecule has 0 amide bonds. The van der Waals surface area contributed by atoms with Crippen molar-refractivity contribution in [2.24, 2.45) is 0 Å². The Kier molecular flexibility index (Phi) is 2.87. The largest absolute Gasteiger partial charge is 0.368 e. The van der Waals surface area contributed by atoms with Gasteiger partial charge in [0.05, 0.1) is 0 Å². The van der Waals surface area contributed by atoms with Gasteiger partial charge >= 0.3 is 0 Å². The summed E-state index contributed by atoms with van der Waals surface area (Å²) >= 11 is 0. The molecule has 1 saturated carbocycles. The van der Waals surface area contributed by atoms with E-state index in [2.05, 4.69) is 20.1 Å². The molecule has 0 radical (unpaired) electrons. The zero-order valence-electron chi connectivity index (χ0n) is 10.3. The van der Waals surface area contributed by atoms with Gasteiger partial charge < -0.3 is 14.2 Å². The zero-order chi connectivity index (χ0) is 12.4. The molecule has 3 rings (SSSR count). The van der Waals surface area contributed by atoms with Crippen LogP contribution in [0.4, 0.5) is 0 Å². The van der Waals surface area contributed by atoms with E-state index in [0.29, 0.717) is 17.5 Å². The molecule has 0 saturated heterocycles. The Morgan fingerprint density at radius 1 is 1.33 bits per heavy atom. The van der Waals surface area contributed by atoms with Crippen LogP contribution >= 0.6 is 0 Å². The lowest BCUT2D eigenvalue weighted by Crippen LogP contribution is -2.31. The number of methoxy groups -OCH3 is 1. The quantitative estimate of drug-likeness (QED) is 0.901. The van der Waals surface area contributed by atoms with Crippen molar-refractivity contribution in [1.29, 1.82) is 0 Å². The first-order chi connectivity index (χ1) is 8.84. The predicted molar refractivity (Wildman–Crippen MR) is 63.7 cm³/mol. The molecule has 18 heavy (non-hydrogen) atoms. The molecule has 2 aromatic rings. The van der Waals surface area contributed by atoms with Crippen LogP contribution in [0.1, 0.15) is 38.0 Å². The average molecular weight is 248 g/mol. The fourth-order valence-electron chi connectivity index (χ4n) is 2.52. The summed E-state index contributed by atoms with van der Waals surface area (Å²) in [7, 11) is 1.71. The first-order valence-corrected chi connectivity index (χ1v) is 6.23. The van der Waals surface area contributed by atoms with Crippen molar-refractivity contribution in [3.8, 4) is 11.6 Å². The zero-order valence-corrected chi connectivity index (χ0v) is 10.3. The van der Waals surface area contributed by atoms with E-state index in [4.69, 9.17) is 9.26 Å². The molecule has 0 spiro atoms. The summed E-state index contributed by atoms with van der Waals surface area (Å²) < 4.78 is 11.0. The van der Waals surface area contributed by atoms with Crippen LogP contribution in [-0.2, 0) is 10.3 Å². The first-order valence-electron chi connectivity index (χ1n) is 6.23. The maximum absolute atomic E-state index is 5.67. The third kappa shape index (κ3) is 1.82. The van der Waals surface area contributed by atoms with E-state index in [1.54, 1.807) is 19.5 Å². The topological polar surface area (TPSA) is 76.8 Å². The van der Waals surface area contributed by atoms with Crippen molar-refractivity contribution in [2.45, 2.75) is 37.7 Å². The van der Waals surface area contributed by atoms with Gasteiger partial charge in [-0.1, -0.05) is 24.4 Å². The minimum absolute atomic E-state index is 0.407. The summed E-state index contributed by atoms with van der Waals surface area (Å²) in [4.78, 5) is 11.5. The lowest BCUT2D eigenvalue weighted by atomic mass is 9.84. The van der Waals surface area contributed by atoms with E-state index >= 15 is 0 Å². The summed E-state index contributed by atoms with van der Waals surface area (Å²) in [5.41, 5.74) is -0.407. The lowest BCUT2D eigenvalue weighted by molar-refractivity contribution is -0.0672. The molecule has 2 heterocycles. The number of aromatic nitrogens is 4. The van der Waals surface area contributed by atoms with Crippen molar-refractivity contribution >= 4 is 0 Å². The number of nitrogens with zero attached hydrogens (tertiary/aromatic N) is 3. The minimum Gasteiger partial charge on any atom is -0.368 e. The van der Waals surface area contributed by atoms with Gasteiger partial charge in [-0.3, -0.25) is 0 Å². The minimum atomic E-state index is -0.407. The van der Waals surface area contributed by atoms with Crippen molar-refractivity contribution < 1.29 is 9.26 Å². The van der Waals surface area contributed by atoms with Gasteiger partial charge in [-0.15, -0.1) is 0 Å². The highest BCUT2D eigenvalue weighted by Crippen LogP contribution is 2.39. The highest BCUT2D eigenvalue weighted by molar-refractivity contribution is 5.41. The monoisotopic (exact) mass is 248 g/mol. The molecule has 6 heteroatoms. The molecular formula is C12H16N4O2. The Balaban J connectivity index is 1.92. The third-order valence-electron chi connectivity index (χ3n) is 3.58. The molecule has 0 unspecified atom stereocenters. The number of rotatable bonds is 3. The number of H-pyrrole nitrogens is 1. The van der Waals surface area contributed by atoms with E-state index in [-0.39, 0.29) is 0 Å². The van der Waals surface area contributed by atoms with Gasteiger partial charge in [0.25, 0.3) is 5.89 Å². The molecule has 2 aromatic heterocycles. The molecule has 1 N–H and O–H groups in total. The third-order valence-corrected chi connectivity index (χ3v) is 3.58. The predicted octanol–water partition coefficient (Wildman–Crippen LogP) is 2.27. The second-order valence-electron chi connectivity index (χ2n) is 4.62. The van der Waals surface area contributed by atoms with E-state index in [0.717, 1.165) is 25.7 Å². The second kappa shape index (κ2) is 4.53. The smallest absolute Gasteiger partial charge is 0.259 e. The molecule has 96 valence electrons. The maximum Gasteiger partial charge on any atom is 0.259 e. The van der Waals surface area contributed by atoms with Crippen LogP contribution in [0.25, 0.3) is 11.6 Å². The maximum atomic E-state index is 5.67.